The Morgan fingerprint density at radius 2 is 2.16 bits per heavy atom. The smallest absolute Gasteiger partial charge is 0.338 e. The van der Waals surface area contributed by atoms with Crippen LogP contribution in [0.4, 0.5) is 14.9 Å². The quantitative estimate of drug-likeness (QED) is 0.566. The Labute approximate surface area is 110 Å². The summed E-state index contributed by atoms with van der Waals surface area (Å²) in [5.74, 6) is -2.22. The van der Waals surface area contributed by atoms with E-state index >= 15 is 0 Å². The van der Waals surface area contributed by atoms with Crippen LogP contribution in [-0.4, -0.2) is 23.7 Å². The Bertz CT molecular complexity index is 501. The molecule has 0 heterocycles. The van der Waals surface area contributed by atoms with E-state index in [4.69, 9.17) is 5.11 Å². The normalized spacial score (nSPS) is 10.4. The molecule has 0 saturated heterocycles. The van der Waals surface area contributed by atoms with Gasteiger partial charge in [-0.15, -0.1) is 0 Å². The fraction of sp³-hybridized carbons (Fsp3) is 0.231. The van der Waals surface area contributed by atoms with Gasteiger partial charge in [-0.1, -0.05) is 12.2 Å². The van der Waals surface area contributed by atoms with E-state index < -0.39 is 23.4 Å². The number of allylic oxidation sites excluding steroid dienone is 1. The summed E-state index contributed by atoms with van der Waals surface area (Å²) in [5, 5.41) is 13.8. The molecule has 0 fully saturated rings. The van der Waals surface area contributed by atoms with Crippen LogP contribution >= 0.6 is 0 Å². The standard InChI is InChI=1S/C13H15FN2O3/c1-2-3-4-7-15-13(19)16-9-5-6-11(14)10(8-9)12(17)18/h2-3,5-6,8H,4,7H2,1H3,(H,17,18)(H2,15,16,19)/b3-2+. The first kappa shape index (κ1) is 14.7. The Balaban J connectivity index is 2.59. The zero-order chi connectivity index (χ0) is 14.3. The second-order valence-corrected chi connectivity index (χ2v) is 3.74. The molecule has 6 heteroatoms. The maximum atomic E-state index is 13.1. The van der Waals surface area contributed by atoms with Crippen molar-refractivity contribution in [3.8, 4) is 0 Å². The van der Waals surface area contributed by atoms with Crippen LogP contribution in [0.2, 0.25) is 0 Å². The van der Waals surface area contributed by atoms with Crippen LogP contribution in [0.5, 0.6) is 0 Å². The lowest BCUT2D eigenvalue weighted by Crippen LogP contribution is -2.29. The van der Waals surface area contributed by atoms with Crippen LogP contribution in [0.1, 0.15) is 23.7 Å². The maximum Gasteiger partial charge on any atom is 0.338 e. The topological polar surface area (TPSA) is 78.4 Å². The van der Waals surface area contributed by atoms with Gasteiger partial charge in [0.2, 0.25) is 0 Å². The molecule has 0 saturated carbocycles. The van der Waals surface area contributed by atoms with Crippen molar-refractivity contribution in [2.75, 3.05) is 11.9 Å². The molecule has 102 valence electrons. The number of anilines is 1. The first-order valence-electron chi connectivity index (χ1n) is 5.73. The predicted molar refractivity (Wildman–Crippen MR) is 69.8 cm³/mol. The molecule has 0 aliphatic heterocycles. The number of carboxylic acids is 1. The zero-order valence-electron chi connectivity index (χ0n) is 10.4. The molecule has 0 bridgehead atoms. The highest BCUT2D eigenvalue weighted by Gasteiger charge is 2.11. The summed E-state index contributed by atoms with van der Waals surface area (Å²) in [6.07, 6.45) is 4.48. The highest BCUT2D eigenvalue weighted by atomic mass is 19.1. The second-order valence-electron chi connectivity index (χ2n) is 3.74. The number of carbonyl (C=O) groups is 2. The molecule has 0 aliphatic carbocycles. The number of urea groups is 1. The SMILES string of the molecule is C/C=C/CCNC(=O)Nc1ccc(F)c(C(=O)O)c1. The first-order chi connectivity index (χ1) is 9.04. The zero-order valence-corrected chi connectivity index (χ0v) is 10.4. The molecule has 1 aromatic carbocycles. The Morgan fingerprint density at radius 3 is 2.79 bits per heavy atom. The average molecular weight is 266 g/mol. The van der Waals surface area contributed by atoms with Crippen molar-refractivity contribution < 1.29 is 19.1 Å². The van der Waals surface area contributed by atoms with E-state index in [1.807, 2.05) is 19.1 Å². The van der Waals surface area contributed by atoms with Crippen LogP contribution in [-0.2, 0) is 0 Å². The number of rotatable bonds is 5. The van der Waals surface area contributed by atoms with Gasteiger partial charge >= 0.3 is 12.0 Å². The van der Waals surface area contributed by atoms with E-state index in [-0.39, 0.29) is 5.69 Å². The van der Waals surface area contributed by atoms with E-state index in [0.29, 0.717) is 13.0 Å². The minimum atomic E-state index is -1.38. The van der Waals surface area contributed by atoms with E-state index in [9.17, 15) is 14.0 Å². The van der Waals surface area contributed by atoms with Crippen molar-refractivity contribution in [1.82, 2.24) is 5.32 Å². The molecule has 0 radical (unpaired) electrons. The summed E-state index contributed by atoms with van der Waals surface area (Å²) in [6, 6.07) is 2.91. The lowest BCUT2D eigenvalue weighted by Gasteiger charge is -2.07. The van der Waals surface area contributed by atoms with Gasteiger partial charge < -0.3 is 15.7 Å². The molecular weight excluding hydrogens is 251 g/mol. The molecule has 0 unspecified atom stereocenters. The summed E-state index contributed by atoms with van der Waals surface area (Å²) in [5.41, 5.74) is -0.256. The van der Waals surface area contributed by atoms with E-state index in [2.05, 4.69) is 10.6 Å². The van der Waals surface area contributed by atoms with Crippen molar-refractivity contribution in [2.24, 2.45) is 0 Å². The van der Waals surface area contributed by atoms with Crippen molar-refractivity contribution >= 4 is 17.7 Å². The van der Waals surface area contributed by atoms with Crippen LogP contribution in [0.25, 0.3) is 0 Å². The van der Waals surface area contributed by atoms with Gasteiger partial charge in [-0.05, 0) is 31.5 Å². The Hall–Kier alpha value is -2.37. The summed E-state index contributed by atoms with van der Waals surface area (Å²) in [7, 11) is 0. The molecule has 0 aliphatic rings. The second kappa shape index (κ2) is 7.15. The minimum Gasteiger partial charge on any atom is -0.478 e. The fourth-order valence-corrected chi connectivity index (χ4v) is 1.38. The third-order valence-electron chi connectivity index (χ3n) is 2.29. The van der Waals surface area contributed by atoms with Crippen molar-refractivity contribution in [1.29, 1.82) is 0 Å². The lowest BCUT2D eigenvalue weighted by atomic mass is 10.2. The summed E-state index contributed by atoms with van der Waals surface area (Å²) in [6.45, 7) is 2.34. The van der Waals surface area contributed by atoms with E-state index in [1.165, 1.54) is 6.07 Å². The monoisotopic (exact) mass is 266 g/mol. The maximum absolute atomic E-state index is 13.1. The van der Waals surface area contributed by atoms with Crippen LogP contribution < -0.4 is 10.6 Å². The number of carboxylic acid groups (broad SMARTS) is 1. The number of aromatic carboxylic acids is 1. The first-order valence-corrected chi connectivity index (χ1v) is 5.73. The number of amides is 2. The minimum absolute atomic E-state index is 0.224. The highest BCUT2D eigenvalue weighted by Crippen LogP contribution is 2.14. The average Bonchev–Trinajstić information content (AvgIpc) is 2.36. The highest BCUT2D eigenvalue weighted by molar-refractivity contribution is 5.93. The van der Waals surface area contributed by atoms with Crippen molar-refractivity contribution in [3.05, 3.63) is 41.7 Å². The van der Waals surface area contributed by atoms with Gasteiger partial charge in [-0.2, -0.15) is 0 Å². The van der Waals surface area contributed by atoms with Gasteiger partial charge in [0.15, 0.2) is 0 Å². The molecule has 0 aromatic heterocycles. The fourth-order valence-electron chi connectivity index (χ4n) is 1.38. The number of hydrogen-bond acceptors (Lipinski definition) is 2. The number of nitrogens with one attached hydrogen (secondary N) is 2. The summed E-state index contributed by atoms with van der Waals surface area (Å²) >= 11 is 0. The molecule has 0 atom stereocenters. The van der Waals surface area contributed by atoms with Gasteiger partial charge in [0.05, 0.1) is 5.56 Å². The number of carbonyl (C=O) groups excluding carboxylic acids is 1. The molecule has 0 spiro atoms. The van der Waals surface area contributed by atoms with Crippen molar-refractivity contribution in [3.63, 3.8) is 0 Å². The van der Waals surface area contributed by atoms with Gasteiger partial charge in [0, 0.05) is 12.2 Å². The predicted octanol–water partition coefficient (Wildman–Crippen LogP) is 2.61. The van der Waals surface area contributed by atoms with Crippen molar-refractivity contribution in [2.45, 2.75) is 13.3 Å². The van der Waals surface area contributed by atoms with Gasteiger partial charge in [0.1, 0.15) is 5.82 Å². The molecule has 5 nitrogen and oxygen atoms in total. The molecular formula is C13H15FN2O3. The van der Waals surface area contributed by atoms with Crippen LogP contribution in [0.15, 0.2) is 30.4 Å². The Morgan fingerprint density at radius 1 is 1.42 bits per heavy atom. The lowest BCUT2D eigenvalue weighted by molar-refractivity contribution is 0.0692. The summed E-state index contributed by atoms with van der Waals surface area (Å²) in [4.78, 5) is 22.2. The molecule has 1 aromatic rings. The number of hydrogen-bond donors (Lipinski definition) is 3. The van der Waals surface area contributed by atoms with Gasteiger partial charge in [-0.3, -0.25) is 0 Å². The molecule has 3 N–H and O–H groups in total. The number of benzene rings is 1. The number of halogens is 1. The molecule has 1 rings (SSSR count). The van der Waals surface area contributed by atoms with E-state index in [0.717, 1.165) is 12.1 Å². The summed E-state index contributed by atoms with van der Waals surface area (Å²) < 4.78 is 13.1. The molecule has 2 amide bonds. The van der Waals surface area contributed by atoms with Crippen LogP contribution in [0.3, 0.4) is 0 Å². The largest absolute Gasteiger partial charge is 0.478 e. The van der Waals surface area contributed by atoms with Crippen LogP contribution in [0, 0.1) is 5.82 Å². The third kappa shape index (κ3) is 4.79. The van der Waals surface area contributed by atoms with Gasteiger partial charge in [-0.25, -0.2) is 14.0 Å². The Kier molecular flexibility index (Phi) is 5.53. The van der Waals surface area contributed by atoms with E-state index in [1.54, 1.807) is 0 Å². The van der Waals surface area contributed by atoms with Gasteiger partial charge in [0.25, 0.3) is 0 Å². The molecule has 19 heavy (non-hydrogen) atoms. The third-order valence-corrected chi connectivity index (χ3v) is 2.29.